The first-order chi connectivity index (χ1) is 15.6. The summed E-state index contributed by atoms with van der Waals surface area (Å²) < 4.78 is 25.2. The van der Waals surface area contributed by atoms with Crippen LogP contribution >= 0.6 is 11.6 Å². The van der Waals surface area contributed by atoms with Gasteiger partial charge in [-0.3, -0.25) is 0 Å². The number of hydrogen-bond acceptors (Lipinski definition) is 7. The van der Waals surface area contributed by atoms with E-state index in [2.05, 4.69) is 25.3 Å². The molecule has 0 aliphatic carbocycles. The molecule has 0 spiro atoms. The number of nitrogens with one attached hydrogen (secondary N) is 2. The molecule has 32 heavy (non-hydrogen) atoms. The van der Waals surface area contributed by atoms with Crippen molar-refractivity contribution >= 4 is 34.5 Å². The summed E-state index contributed by atoms with van der Waals surface area (Å²) in [4.78, 5) is 29.8. The Labute approximate surface area is 188 Å². The SMILES string of the molecule is O=C(O[C@H]1CCOC1)N1CCC(Nc2nc(-c3c[nH]c4ncc(Cl)cc34)ncc2F)CC1. The second-order valence-corrected chi connectivity index (χ2v) is 8.35. The van der Waals surface area contributed by atoms with Crippen LogP contribution in [0, 0.1) is 5.82 Å². The third kappa shape index (κ3) is 4.33. The van der Waals surface area contributed by atoms with E-state index in [-0.39, 0.29) is 24.1 Å². The van der Waals surface area contributed by atoms with Crippen LogP contribution in [0.4, 0.5) is 15.0 Å². The highest BCUT2D eigenvalue weighted by molar-refractivity contribution is 6.31. The summed E-state index contributed by atoms with van der Waals surface area (Å²) in [7, 11) is 0. The molecule has 0 radical (unpaired) electrons. The highest BCUT2D eigenvalue weighted by atomic mass is 35.5. The molecule has 2 saturated heterocycles. The molecule has 2 aliphatic rings. The fraction of sp³-hybridized carbons (Fsp3) is 0.429. The fourth-order valence-corrected chi connectivity index (χ4v) is 4.14. The first-order valence-corrected chi connectivity index (χ1v) is 10.9. The lowest BCUT2D eigenvalue weighted by Crippen LogP contribution is -2.43. The van der Waals surface area contributed by atoms with E-state index in [0.717, 1.165) is 18.0 Å². The molecule has 1 atom stereocenters. The van der Waals surface area contributed by atoms with Crippen molar-refractivity contribution in [1.29, 1.82) is 0 Å². The summed E-state index contributed by atoms with van der Waals surface area (Å²) in [5.74, 6) is -0.0414. The van der Waals surface area contributed by atoms with Crippen LogP contribution in [0.3, 0.4) is 0 Å². The van der Waals surface area contributed by atoms with Gasteiger partial charge >= 0.3 is 6.09 Å². The van der Waals surface area contributed by atoms with Gasteiger partial charge in [0.25, 0.3) is 0 Å². The van der Waals surface area contributed by atoms with Crippen molar-refractivity contribution in [1.82, 2.24) is 24.8 Å². The van der Waals surface area contributed by atoms with Crippen LogP contribution in [-0.2, 0) is 9.47 Å². The maximum Gasteiger partial charge on any atom is 0.410 e. The van der Waals surface area contributed by atoms with Gasteiger partial charge in [0.15, 0.2) is 17.5 Å². The van der Waals surface area contributed by atoms with Gasteiger partial charge in [0.05, 0.1) is 24.4 Å². The normalized spacial score (nSPS) is 19.4. The molecule has 1 amide bonds. The quantitative estimate of drug-likeness (QED) is 0.612. The van der Waals surface area contributed by atoms with Crippen molar-refractivity contribution in [2.75, 3.05) is 31.6 Å². The Hall–Kier alpha value is -2.98. The van der Waals surface area contributed by atoms with Crippen molar-refractivity contribution in [3.8, 4) is 11.4 Å². The van der Waals surface area contributed by atoms with E-state index in [1.54, 1.807) is 23.4 Å². The van der Waals surface area contributed by atoms with Crippen LogP contribution in [-0.4, -0.2) is 69.4 Å². The third-order valence-corrected chi connectivity index (χ3v) is 5.94. The van der Waals surface area contributed by atoms with E-state index >= 15 is 0 Å². The van der Waals surface area contributed by atoms with Crippen molar-refractivity contribution in [2.45, 2.75) is 31.4 Å². The smallest absolute Gasteiger partial charge is 0.410 e. The Bertz CT molecular complexity index is 1130. The van der Waals surface area contributed by atoms with Gasteiger partial charge in [0.2, 0.25) is 0 Å². The molecule has 9 nitrogen and oxygen atoms in total. The summed E-state index contributed by atoms with van der Waals surface area (Å²) in [6.07, 6.45) is 5.98. The first-order valence-electron chi connectivity index (χ1n) is 10.5. The average molecular weight is 461 g/mol. The summed E-state index contributed by atoms with van der Waals surface area (Å²) in [6, 6.07) is 1.74. The topological polar surface area (TPSA) is 105 Å². The van der Waals surface area contributed by atoms with Crippen LogP contribution in [0.1, 0.15) is 19.3 Å². The third-order valence-electron chi connectivity index (χ3n) is 5.73. The number of fused-ring (bicyclic) bond motifs is 1. The zero-order chi connectivity index (χ0) is 22.1. The van der Waals surface area contributed by atoms with Gasteiger partial charge in [0, 0.05) is 48.9 Å². The van der Waals surface area contributed by atoms with E-state index in [1.165, 1.54) is 0 Å². The number of hydrogen-bond donors (Lipinski definition) is 2. The zero-order valence-electron chi connectivity index (χ0n) is 17.2. The molecule has 5 rings (SSSR count). The number of aromatic nitrogens is 4. The summed E-state index contributed by atoms with van der Waals surface area (Å²) >= 11 is 6.07. The number of piperidine rings is 1. The average Bonchev–Trinajstić information content (AvgIpc) is 3.45. The Morgan fingerprint density at radius 1 is 1.28 bits per heavy atom. The monoisotopic (exact) mass is 460 g/mol. The van der Waals surface area contributed by atoms with E-state index in [9.17, 15) is 9.18 Å². The molecule has 3 aromatic heterocycles. The molecule has 0 bridgehead atoms. The van der Waals surface area contributed by atoms with E-state index in [4.69, 9.17) is 21.1 Å². The maximum absolute atomic E-state index is 14.5. The molecular formula is C21H22ClFN6O3. The van der Waals surface area contributed by atoms with Crippen molar-refractivity contribution in [3.05, 3.63) is 35.5 Å². The number of halogens is 2. The van der Waals surface area contributed by atoms with Gasteiger partial charge in [-0.05, 0) is 18.9 Å². The van der Waals surface area contributed by atoms with Crippen LogP contribution < -0.4 is 5.32 Å². The van der Waals surface area contributed by atoms with Crippen molar-refractivity contribution < 1.29 is 18.7 Å². The standard InChI is InChI=1S/C21H22ClFN6O3/c22-12-7-15-16(9-25-18(15)24-8-12)19-26-10-17(23)20(28-19)27-13-1-4-29(5-2-13)21(30)32-14-3-6-31-11-14/h7-10,13-14H,1-6,11H2,(H,24,25)(H,26,27,28)/t14-/m0/s1. The van der Waals surface area contributed by atoms with Gasteiger partial charge in [-0.1, -0.05) is 11.6 Å². The predicted octanol–water partition coefficient (Wildman–Crippen LogP) is 3.61. The molecule has 3 aromatic rings. The number of nitrogens with zero attached hydrogens (tertiary/aromatic N) is 4. The molecule has 0 aromatic carbocycles. The number of pyridine rings is 1. The van der Waals surface area contributed by atoms with Gasteiger partial charge in [0.1, 0.15) is 11.8 Å². The van der Waals surface area contributed by atoms with Crippen molar-refractivity contribution in [2.24, 2.45) is 0 Å². The van der Waals surface area contributed by atoms with E-state index in [0.29, 0.717) is 61.2 Å². The van der Waals surface area contributed by atoms with Crippen LogP contribution in [0.15, 0.2) is 24.7 Å². The van der Waals surface area contributed by atoms with Gasteiger partial charge in [-0.2, -0.15) is 0 Å². The minimum atomic E-state index is -0.534. The minimum Gasteiger partial charge on any atom is -0.444 e. The number of carbonyl (C=O) groups is 1. The summed E-state index contributed by atoms with van der Waals surface area (Å²) in [5, 5.41) is 4.42. The largest absolute Gasteiger partial charge is 0.444 e. The second-order valence-electron chi connectivity index (χ2n) is 7.92. The van der Waals surface area contributed by atoms with Crippen LogP contribution in [0.25, 0.3) is 22.4 Å². The molecule has 2 aliphatic heterocycles. The van der Waals surface area contributed by atoms with Crippen molar-refractivity contribution in [3.63, 3.8) is 0 Å². The maximum atomic E-state index is 14.5. The lowest BCUT2D eigenvalue weighted by Gasteiger charge is -2.32. The number of carbonyl (C=O) groups excluding carboxylic acids is 1. The lowest BCUT2D eigenvalue weighted by molar-refractivity contribution is 0.0497. The molecule has 0 unspecified atom stereocenters. The van der Waals surface area contributed by atoms with Gasteiger partial charge < -0.3 is 24.7 Å². The number of likely N-dealkylation sites (tertiary alicyclic amines) is 1. The highest BCUT2D eigenvalue weighted by Crippen LogP contribution is 2.28. The number of rotatable bonds is 4. The Kier molecular flexibility index (Phi) is 5.79. The van der Waals surface area contributed by atoms with Crippen LogP contribution in [0.2, 0.25) is 5.02 Å². The number of aromatic amines is 1. The van der Waals surface area contributed by atoms with Gasteiger partial charge in [-0.15, -0.1) is 0 Å². The Morgan fingerprint density at radius 3 is 2.91 bits per heavy atom. The zero-order valence-corrected chi connectivity index (χ0v) is 17.9. The second kappa shape index (κ2) is 8.87. The predicted molar refractivity (Wildman–Crippen MR) is 116 cm³/mol. The Balaban J connectivity index is 1.25. The first kappa shape index (κ1) is 20.9. The molecule has 5 heterocycles. The fourth-order valence-electron chi connectivity index (χ4n) is 3.98. The molecule has 168 valence electrons. The van der Waals surface area contributed by atoms with Gasteiger partial charge in [-0.25, -0.2) is 24.1 Å². The van der Waals surface area contributed by atoms with E-state index < -0.39 is 5.82 Å². The summed E-state index contributed by atoms with van der Waals surface area (Å²) in [6.45, 7) is 2.13. The minimum absolute atomic E-state index is 0.0230. The summed E-state index contributed by atoms with van der Waals surface area (Å²) in [5.41, 5.74) is 1.33. The van der Waals surface area contributed by atoms with Crippen LogP contribution in [0.5, 0.6) is 0 Å². The molecule has 2 N–H and O–H groups in total. The highest BCUT2D eigenvalue weighted by Gasteiger charge is 2.28. The number of H-pyrrole nitrogens is 1. The van der Waals surface area contributed by atoms with E-state index in [1.807, 2.05) is 0 Å². The Morgan fingerprint density at radius 2 is 2.12 bits per heavy atom. The molecular weight excluding hydrogens is 439 g/mol. The molecule has 11 heteroatoms. The number of anilines is 1. The molecule has 0 saturated carbocycles. The number of amides is 1. The lowest BCUT2D eigenvalue weighted by atomic mass is 10.1. The molecule has 2 fully saturated rings. The number of ether oxygens (including phenoxy) is 2.